The zero-order valence-electron chi connectivity index (χ0n) is 12.9. The molecule has 1 atom stereocenters. The van der Waals surface area contributed by atoms with E-state index in [2.05, 4.69) is 5.32 Å². The number of hydrogen-bond donors (Lipinski definition) is 2. The molecule has 124 valence electrons. The van der Waals surface area contributed by atoms with Crippen LogP contribution in [0.5, 0.6) is 5.75 Å². The van der Waals surface area contributed by atoms with Crippen LogP contribution in [0.3, 0.4) is 0 Å². The number of rotatable bonds is 6. The number of benzene rings is 2. The van der Waals surface area contributed by atoms with Gasteiger partial charge in [0.15, 0.2) is 17.5 Å². The molecule has 0 spiro atoms. The highest BCUT2D eigenvalue weighted by molar-refractivity contribution is 5.52. The molecular weight excluding hydrogens is 307 g/mol. The number of ether oxygens (including phenoxy) is 1. The fraction of sp³-hybridized carbons (Fsp3) is 0.294. The number of hydrogen-bond acceptors (Lipinski definition) is 3. The van der Waals surface area contributed by atoms with E-state index in [1.165, 1.54) is 0 Å². The molecule has 6 heteroatoms. The van der Waals surface area contributed by atoms with Gasteiger partial charge in [0, 0.05) is 17.3 Å². The van der Waals surface area contributed by atoms with Crippen LogP contribution in [0.15, 0.2) is 30.3 Å². The van der Waals surface area contributed by atoms with Gasteiger partial charge < -0.3 is 15.2 Å². The van der Waals surface area contributed by atoms with Crippen molar-refractivity contribution in [3.8, 4) is 5.75 Å². The number of aliphatic hydroxyl groups is 1. The van der Waals surface area contributed by atoms with Crippen LogP contribution >= 0.6 is 0 Å². The second-order valence-electron chi connectivity index (χ2n) is 5.08. The highest BCUT2D eigenvalue weighted by atomic mass is 19.2. The van der Waals surface area contributed by atoms with Gasteiger partial charge in [-0.2, -0.15) is 0 Å². The number of halogens is 3. The largest absolute Gasteiger partial charge is 0.494 e. The topological polar surface area (TPSA) is 41.5 Å². The summed E-state index contributed by atoms with van der Waals surface area (Å²) in [6.45, 7) is 3.82. The third-order valence-electron chi connectivity index (χ3n) is 3.42. The molecule has 2 rings (SSSR count). The zero-order chi connectivity index (χ0) is 17.0. The van der Waals surface area contributed by atoms with Crippen LogP contribution in [0.25, 0.3) is 0 Å². The Morgan fingerprint density at radius 1 is 1.13 bits per heavy atom. The van der Waals surface area contributed by atoms with E-state index >= 15 is 0 Å². The minimum atomic E-state index is -1.48. The van der Waals surface area contributed by atoms with Crippen molar-refractivity contribution in [2.75, 3.05) is 11.9 Å². The lowest BCUT2D eigenvalue weighted by Gasteiger charge is -2.18. The van der Waals surface area contributed by atoms with Crippen LogP contribution < -0.4 is 10.1 Å². The monoisotopic (exact) mass is 325 g/mol. The molecule has 2 aromatic rings. The van der Waals surface area contributed by atoms with Crippen LogP contribution in [0.1, 0.15) is 31.0 Å². The van der Waals surface area contributed by atoms with E-state index in [-0.39, 0.29) is 12.2 Å². The number of nitrogens with one attached hydrogen (secondary N) is 1. The first-order valence-electron chi connectivity index (χ1n) is 7.23. The minimum absolute atomic E-state index is 0.195. The van der Waals surface area contributed by atoms with E-state index in [0.29, 0.717) is 23.6 Å². The van der Waals surface area contributed by atoms with E-state index in [0.717, 1.165) is 12.1 Å². The first-order valence-corrected chi connectivity index (χ1v) is 7.23. The molecule has 2 aromatic carbocycles. The summed E-state index contributed by atoms with van der Waals surface area (Å²) < 4.78 is 45.0. The van der Waals surface area contributed by atoms with Crippen molar-refractivity contribution in [3.05, 3.63) is 58.9 Å². The fourth-order valence-corrected chi connectivity index (χ4v) is 2.25. The van der Waals surface area contributed by atoms with Gasteiger partial charge in [0.05, 0.1) is 13.2 Å². The Morgan fingerprint density at radius 2 is 1.78 bits per heavy atom. The van der Waals surface area contributed by atoms with Gasteiger partial charge >= 0.3 is 0 Å². The Kier molecular flexibility index (Phi) is 5.50. The molecule has 1 unspecified atom stereocenters. The molecule has 2 N–H and O–H groups in total. The molecule has 0 radical (unpaired) electrons. The van der Waals surface area contributed by atoms with Crippen molar-refractivity contribution in [1.29, 1.82) is 0 Å². The summed E-state index contributed by atoms with van der Waals surface area (Å²) in [4.78, 5) is 0. The Bertz CT molecular complexity index is 669. The third kappa shape index (κ3) is 3.96. The van der Waals surface area contributed by atoms with Gasteiger partial charge in [0.25, 0.3) is 0 Å². The molecule has 3 nitrogen and oxygen atoms in total. The van der Waals surface area contributed by atoms with Gasteiger partial charge in [-0.3, -0.25) is 0 Å². The average molecular weight is 325 g/mol. The van der Waals surface area contributed by atoms with E-state index in [1.54, 1.807) is 25.1 Å². The van der Waals surface area contributed by atoms with Crippen LogP contribution in [-0.4, -0.2) is 11.7 Å². The summed E-state index contributed by atoms with van der Waals surface area (Å²) in [6.07, 6.45) is 0. The molecule has 0 aliphatic carbocycles. The van der Waals surface area contributed by atoms with E-state index in [4.69, 9.17) is 4.74 Å². The molecule has 23 heavy (non-hydrogen) atoms. The molecule has 0 heterocycles. The summed E-state index contributed by atoms with van der Waals surface area (Å²) in [7, 11) is 0. The van der Waals surface area contributed by atoms with Crippen molar-refractivity contribution < 1.29 is 23.0 Å². The first-order chi connectivity index (χ1) is 11.0. The maximum Gasteiger partial charge on any atom is 0.194 e. The lowest BCUT2D eigenvalue weighted by molar-refractivity contribution is 0.267. The van der Waals surface area contributed by atoms with Crippen LogP contribution in [0.2, 0.25) is 0 Å². The summed E-state index contributed by atoms with van der Waals surface area (Å²) >= 11 is 0. The predicted molar refractivity (Wildman–Crippen MR) is 81.9 cm³/mol. The average Bonchev–Trinajstić information content (AvgIpc) is 2.53. The van der Waals surface area contributed by atoms with Crippen LogP contribution in [-0.2, 0) is 6.61 Å². The first kappa shape index (κ1) is 17.1. The van der Waals surface area contributed by atoms with Gasteiger partial charge in [-0.1, -0.05) is 0 Å². The van der Waals surface area contributed by atoms with Gasteiger partial charge in [0.2, 0.25) is 0 Å². The highest BCUT2D eigenvalue weighted by Gasteiger charge is 2.15. The van der Waals surface area contributed by atoms with Gasteiger partial charge in [-0.05, 0) is 49.7 Å². The summed E-state index contributed by atoms with van der Waals surface area (Å²) in [5.41, 5.74) is 1.52. The van der Waals surface area contributed by atoms with Gasteiger partial charge in [0.1, 0.15) is 5.75 Å². The quantitative estimate of drug-likeness (QED) is 0.783. The normalized spacial score (nSPS) is 12.1. The predicted octanol–water partition coefficient (Wildman–Crippen LogP) is 4.17. The summed E-state index contributed by atoms with van der Waals surface area (Å²) in [5, 5.41) is 12.4. The second kappa shape index (κ2) is 7.37. The lowest BCUT2D eigenvalue weighted by Crippen LogP contribution is -2.09. The molecule has 0 amide bonds. The van der Waals surface area contributed by atoms with Crippen molar-refractivity contribution in [2.45, 2.75) is 26.5 Å². The zero-order valence-corrected chi connectivity index (χ0v) is 12.9. The van der Waals surface area contributed by atoms with Gasteiger partial charge in [-0.25, -0.2) is 13.2 Å². The summed E-state index contributed by atoms with van der Waals surface area (Å²) in [5.74, 6) is -3.36. The molecule has 0 aromatic heterocycles. The molecular formula is C17H18F3NO2. The summed E-state index contributed by atoms with van der Waals surface area (Å²) in [6, 6.07) is 6.59. The molecule has 0 saturated heterocycles. The van der Waals surface area contributed by atoms with Crippen molar-refractivity contribution in [2.24, 2.45) is 0 Å². The Labute approximate surface area is 132 Å². The fourth-order valence-electron chi connectivity index (χ4n) is 2.25. The second-order valence-corrected chi connectivity index (χ2v) is 5.08. The standard InChI is InChI=1S/C17H18F3NO2/c1-3-23-16-5-4-13(6-12(16)9-22)21-10(2)11-7-14(18)17(20)15(19)8-11/h4-8,10,21-22H,3,9H2,1-2H3. The van der Waals surface area contributed by atoms with E-state index in [1.807, 2.05) is 6.92 Å². The SMILES string of the molecule is CCOc1ccc(NC(C)c2cc(F)c(F)c(F)c2)cc1CO. The lowest BCUT2D eigenvalue weighted by atomic mass is 10.1. The van der Waals surface area contributed by atoms with E-state index < -0.39 is 23.5 Å². The Hall–Kier alpha value is -2.21. The Balaban J connectivity index is 2.21. The van der Waals surface area contributed by atoms with Gasteiger partial charge in [-0.15, -0.1) is 0 Å². The Morgan fingerprint density at radius 3 is 2.35 bits per heavy atom. The highest BCUT2D eigenvalue weighted by Crippen LogP contribution is 2.27. The maximum absolute atomic E-state index is 13.3. The molecule has 0 aliphatic rings. The molecule has 0 saturated carbocycles. The van der Waals surface area contributed by atoms with Crippen LogP contribution in [0, 0.1) is 17.5 Å². The maximum atomic E-state index is 13.3. The van der Waals surface area contributed by atoms with Crippen molar-refractivity contribution in [1.82, 2.24) is 0 Å². The molecule has 0 fully saturated rings. The molecule has 0 aliphatic heterocycles. The smallest absolute Gasteiger partial charge is 0.194 e. The van der Waals surface area contributed by atoms with E-state index in [9.17, 15) is 18.3 Å². The number of aliphatic hydroxyl groups excluding tert-OH is 1. The number of anilines is 1. The van der Waals surface area contributed by atoms with Crippen molar-refractivity contribution >= 4 is 5.69 Å². The minimum Gasteiger partial charge on any atom is -0.494 e. The third-order valence-corrected chi connectivity index (χ3v) is 3.42. The van der Waals surface area contributed by atoms with Crippen molar-refractivity contribution in [3.63, 3.8) is 0 Å². The van der Waals surface area contributed by atoms with Crippen LogP contribution in [0.4, 0.5) is 18.9 Å². The molecule has 0 bridgehead atoms.